The van der Waals surface area contributed by atoms with Gasteiger partial charge in [-0.15, -0.1) is 0 Å². The van der Waals surface area contributed by atoms with Crippen molar-refractivity contribution in [2.75, 3.05) is 6.54 Å². The molecule has 1 spiro atoms. The number of rotatable bonds is 1. The molecule has 4 nitrogen and oxygen atoms in total. The standard InChI is InChI=1S/C7H10BN2.C6H14O2/c1-7(2)5-10(7)4-6(8)3-9-10;1-5(2,7)6(3,4)8/h3-4H,5H2,1-2H3;7-8H,1-4H3/q+1;. The first-order valence-electron chi connectivity index (χ1n) is 6.17. The van der Waals surface area contributed by atoms with Crippen LogP contribution in [0, 0.1) is 0 Å². The van der Waals surface area contributed by atoms with Crippen LogP contribution in [0.25, 0.3) is 0 Å². The molecule has 0 amide bonds. The molecule has 1 fully saturated rings. The normalized spacial score (nSPS) is 28.8. The second kappa shape index (κ2) is 4.18. The third kappa shape index (κ3) is 3.02. The number of aliphatic hydroxyl groups is 2. The van der Waals surface area contributed by atoms with E-state index in [0.29, 0.717) is 0 Å². The summed E-state index contributed by atoms with van der Waals surface area (Å²) in [4.78, 5) is 0. The molecule has 100 valence electrons. The maximum Gasteiger partial charge on any atom is 0.174 e. The molecule has 2 aliphatic rings. The molecule has 1 atom stereocenters. The fourth-order valence-electron chi connectivity index (χ4n) is 1.46. The van der Waals surface area contributed by atoms with Crippen LogP contribution in [-0.2, 0) is 0 Å². The molecule has 2 heterocycles. The van der Waals surface area contributed by atoms with E-state index < -0.39 is 11.2 Å². The van der Waals surface area contributed by atoms with Crippen LogP contribution in [0.2, 0.25) is 0 Å². The number of hydrogen-bond acceptors (Lipinski definition) is 3. The highest BCUT2D eigenvalue weighted by molar-refractivity contribution is 6.33. The SMILES string of the molecule is CC(C)(O)C(C)(C)O.[B]C1=C[N+]2(CC2(C)C)N=C1. The van der Waals surface area contributed by atoms with E-state index in [1.807, 2.05) is 6.20 Å². The lowest BCUT2D eigenvalue weighted by molar-refractivity contribution is -0.777. The first kappa shape index (κ1) is 15.4. The fourth-order valence-corrected chi connectivity index (χ4v) is 1.46. The Labute approximate surface area is 111 Å². The van der Waals surface area contributed by atoms with Gasteiger partial charge in [0.15, 0.2) is 12.1 Å². The zero-order valence-electron chi connectivity index (χ0n) is 12.2. The van der Waals surface area contributed by atoms with E-state index in [9.17, 15) is 0 Å². The lowest BCUT2D eigenvalue weighted by Gasteiger charge is -2.31. The summed E-state index contributed by atoms with van der Waals surface area (Å²) in [5.74, 6) is 0. The van der Waals surface area contributed by atoms with E-state index in [2.05, 4.69) is 18.9 Å². The molecule has 1 unspecified atom stereocenters. The summed E-state index contributed by atoms with van der Waals surface area (Å²) in [5, 5.41) is 22.5. The van der Waals surface area contributed by atoms with Crippen molar-refractivity contribution in [2.24, 2.45) is 5.10 Å². The molecule has 2 aliphatic heterocycles. The van der Waals surface area contributed by atoms with Gasteiger partial charge in [-0.25, -0.2) is 0 Å². The number of nitrogens with zero attached hydrogens (tertiary/aromatic N) is 2. The minimum atomic E-state index is -1.01. The van der Waals surface area contributed by atoms with Crippen molar-refractivity contribution in [2.45, 2.75) is 58.3 Å². The lowest BCUT2D eigenvalue weighted by Crippen LogP contribution is -2.44. The summed E-state index contributed by atoms with van der Waals surface area (Å²) < 4.78 is 0.721. The van der Waals surface area contributed by atoms with E-state index in [0.717, 1.165) is 16.6 Å². The maximum atomic E-state index is 9.10. The van der Waals surface area contributed by atoms with Crippen molar-refractivity contribution in [3.05, 3.63) is 11.7 Å². The summed E-state index contributed by atoms with van der Waals surface area (Å²) >= 11 is 0. The molecule has 5 heteroatoms. The minimum absolute atomic E-state index is 0.289. The van der Waals surface area contributed by atoms with Crippen LogP contribution in [0.5, 0.6) is 0 Å². The molecule has 2 radical (unpaired) electrons. The van der Waals surface area contributed by atoms with E-state index in [-0.39, 0.29) is 5.54 Å². The average Bonchev–Trinajstić information content (AvgIpc) is 2.47. The quantitative estimate of drug-likeness (QED) is 0.417. The molecule has 1 saturated heterocycles. The van der Waals surface area contributed by atoms with Crippen LogP contribution >= 0.6 is 0 Å². The van der Waals surface area contributed by atoms with Gasteiger partial charge in [0.2, 0.25) is 0 Å². The van der Waals surface area contributed by atoms with Gasteiger partial charge >= 0.3 is 0 Å². The first-order chi connectivity index (χ1) is 7.81. The Kier molecular flexibility index (Phi) is 3.58. The monoisotopic (exact) mass is 251 g/mol. The molecule has 2 rings (SSSR count). The zero-order valence-corrected chi connectivity index (χ0v) is 12.2. The highest BCUT2D eigenvalue weighted by Crippen LogP contribution is 2.45. The molecule has 2 N–H and O–H groups in total. The molecule has 0 aromatic heterocycles. The second-order valence-corrected chi connectivity index (χ2v) is 6.79. The maximum absolute atomic E-state index is 9.10. The minimum Gasteiger partial charge on any atom is -0.387 e. The number of hydrogen-bond donors (Lipinski definition) is 2. The Morgan fingerprint density at radius 2 is 1.61 bits per heavy atom. The lowest BCUT2D eigenvalue weighted by atomic mass is 9.90. The average molecular weight is 251 g/mol. The second-order valence-electron chi connectivity index (χ2n) is 6.79. The largest absolute Gasteiger partial charge is 0.387 e. The van der Waals surface area contributed by atoms with Gasteiger partial charge in [0.1, 0.15) is 14.0 Å². The Hall–Kier alpha value is -0.645. The van der Waals surface area contributed by atoms with Gasteiger partial charge < -0.3 is 10.2 Å². The van der Waals surface area contributed by atoms with Crippen LogP contribution in [0.15, 0.2) is 16.8 Å². The van der Waals surface area contributed by atoms with Crippen LogP contribution in [0.1, 0.15) is 41.5 Å². The third-order valence-electron chi connectivity index (χ3n) is 3.85. The first-order valence-corrected chi connectivity index (χ1v) is 6.17. The van der Waals surface area contributed by atoms with Crippen molar-refractivity contribution in [3.8, 4) is 0 Å². The Morgan fingerprint density at radius 3 is 1.72 bits per heavy atom. The van der Waals surface area contributed by atoms with Gasteiger partial charge in [0.05, 0.1) is 17.4 Å². The molecular formula is C13H24BN2O2+. The topological polar surface area (TPSA) is 52.8 Å². The molecule has 0 saturated carbocycles. The van der Waals surface area contributed by atoms with Gasteiger partial charge in [-0.1, -0.05) is 5.10 Å². The molecular weight excluding hydrogens is 227 g/mol. The van der Waals surface area contributed by atoms with Crippen LogP contribution in [0.4, 0.5) is 0 Å². The predicted molar refractivity (Wildman–Crippen MR) is 74.1 cm³/mol. The fraction of sp³-hybridized carbons (Fsp3) is 0.769. The molecule has 0 aromatic carbocycles. The summed E-state index contributed by atoms with van der Waals surface area (Å²) in [6.45, 7) is 11.8. The van der Waals surface area contributed by atoms with E-state index in [1.54, 1.807) is 33.9 Å². The Morgan fingerprint density at radius 1 is 1.22 bits per heavy atom. The van der Waals surface area contributed by atoms with Gasteiger partial charge in [0.25, 0.3) is 0 Å². The van der Waals surface area contributed by atoms with E-state index >= 15 is 0 Å². The van der Waals surface area contributed by atoms with Crippen molar-refractivity contribution in [1.29, 1.82) is 0 Å². The summed E-state index contributed by atoms with van der Waals surface area (Å²) in [6.07, 6.45) is 3.76. The zero-order chi connectivity index (χ0) is 14.4. The van der Waals surface area contributed by atoms with Crippen LogP contribution in [0.3, 0.4) is 0 Å². The van der Waals surface area contributed by atoms with E-state index in [1.165, 1.54) is 0 Å². The van der Waals surface area contributed by atoms with Crippen molar-refractivity contribution in [1.82, 2.24) is 0 Å². The van der Waals surface area contributed by atoms with Crippen LogP contribution < -0.4 is 0 Å². The molecule has 0 aromatic rings. The molecule has 0 aliphatic carbocycles. The van der Waals surface area contributed by atoms with Gasteiger partial charge in [0, 0.05) is 0 Å². The summed E-state index contributed by atoms with van der Waals surface area (Å²) in [6, 6.07) is 0. The Bertz CT molecular complexity index is 377. The van der Waals surface area contributed by atoms with Gasteiger partial charge in [-0.2, -0.15) is 4.59 Å². The van der Waals surface area contributed by atoms with Gasteiger partial charge in [-0.3, -0.25) is 0 Å². The molecule has 0 bridgehead atoms. The van der Waals surface area contributed by atoms with Crippen molar-refractivity contribution >= 4 is 14.1 Å². The highest BCUT2D eigenvalue weighted by atomic mass is 16.3. The van der Waals surface area contributed by atoms with Crippen molar-refractivity contribution < 1.29 is 14.8 Å². The summed E-state index contributed by atoms with van der Waals surface area (Å²) in [5.41, 5.74) is -0.928. The van der Waals surface area contributed by atoms with Crippen molar-refractivity contribution in [3.63, 3.8) is 0 Å². The highest BCUT2D eigenvalue weighted by Gasteiger charge is 2.64. The third-order valence-corrected chi connectivity index (χ3v) is 3.85. The Balaban J connectivity index is 0.000000187. The summed E-state index contributed by atoms with van der Waals surface area (Å²) in [7, 11) is 5.57. The van der Waals surface area contributed by atoms with Gasteiger partial charge in [-0.05, 0) is 47.0 Å². The number of quaternary nitrogens is 1. The molecule has 18 heavy (non-hydrogen) atoms. The van der Waals surface area contributed by atoms with Crippen LogP contribution in [-0.4, -0.2) is 52.2 Å². The predicted octanol–water partition coefficient (Wildman–Crippen LogP) is 1.13. The smallest absolute Gasteiger partial charge is 0.174 e. The van der Waals surface area contributed by atoms with E-state index in [4.69, 9.17) is 18.1 Å². The number of allylic oxidation sites excluding steroid dienone is 1.